The van der Waals surface area contributed by atoms with Crippen molar-refractivity contribution in [1.29, 1.82) is 0 Å². The van der Waals surface area contributed by atoms with Crippen LogP contribution >= 0.6 is 0 Å². The predicted molar refractivity (Wildman–Crippen MR) is 108 cm³/mol. The molecule has 0 aliphatic heterocycles. The zero-order chi connectivity index (χ0) is 17.9. The third-order valence-electron chi connectivity index (χ3n) is 4.63. The Morgan fingerprint density at radius 1 is 0.577 bits per heavy atom. The van der Waals surface area contributed by atoms with Crippen LogP contribution in [-0.2, 0) is 7.05 Å². The Hall–Kier alpha value is -3.39. The van der Waals surface area contributed by atoms with E-state index in [2.05, 4.69) is 12.1 Å². The van der Waals surface area contributed by atoms with E-state index >= 15 is 0 Å². The van der Waals surface area contributed by atoms with E-state index in [4.69, 9.17) is 0 Å². The van der Waals surface area contributed by atoms with Gasteiger partial charge in [-0.15, -0.1) is 0 Å². The van der Waals surface area contributed by atoms with Gasteiger partial charge in [0.25, 0.3) is 5.56 Å². The van der Waals surface area contributed by atoms with Gasteiger partial charge in [-0.25, -0.2) is 0 Å². The fourth-order valence-corrected chi connectivity index (χ4v) is 3.34. The van der Waals surface area contributed by atoms with E-state index in [0.717, 1.165) is 27.9 Å². The van der Waals surface area contributed by atoms with Crippen LogP contribution in [0.4, 0.5) is 0 Å². The lowest BCUT2D eigenvalue weighted by Gasteiger charge is -2.17. The minimum Gasteiger partial charge on any atom is -0.310 e. The molecule has 0 saturated heterocycles. The lowest BCUT2D eigenvalue weighted by atomic mass is 9.95. The van der Waals surface area contributed by atoms with Crippen molar-refractivity contribution in [3.63, 3.8) is 0 Å². The van der Waals surface area contributed by atoms with Gasteiger partial charge in [0.15, 0.2) is 0 Å². The van der Waals surface area contributed by atoms with Gasteiger partial charge < -0.3 is 4.57 Å². The van der Waals surface area contributed by atoms with E-state index in [-0.39, 0.29) is 5.56 Å². The predicted octanol–water partition coefficient (Wildman–Crippen LogP) is 5.39. The lowest BCUT2D eigenvalue weighted by molar-refractivity contribution is 0.875. The van der Waals surface area contributed by atoms with Crippen molar-refractivity contribution in [3.8, 4) is 33.5 Å². The first-order valence-electron chi connectivity index (χ1n) is 8.66. The van der Waals surface area contributed by atoms with E-state index in [9.17, 15) is 4.79 Å². The van der Waals surface area contributed by atoms with Crippen molar-refractivity contribution in [2.24, 2.45) is 7.05 Å². The van der Waals surface area contributed by atoms with E-state index in [1.807, 2.05) is 92.0 Å². The smallest absolute Gasteiger partial charge is 0.258 e. The molecule has 0 bridgehead atoms. The summed E-state index contributed by atoms with van der Waals surface area (Å²) in [6.45, 7) is 0. The van der Waals surface area contributed by atoms with Crippen LogP contribution in [0.15, 0.2) is 102 Å². The molecule has 0 spiro atoms. The third-order valence-corrected chi connectivity index (χ3v) is 4.63. The summed E-state index contributed by atoms with van der Waals surface area (Å²) in [4.78, 5) is 13.1. The van der Waals surface area contributed by atoms with Gasteiger partial charge in [-0.1, -0.05) is 91.0 Å². The molecule has 0 fully saturated rings. The number of hydrogen-bond donors (Lipinski definition) is 0. The first kappa shape index (κ1) is 16.1. The highest BCUT2D eigenvalue weighted by molar-refractivity contribution is 5.84. The molecule has 0 amide bonds. The summed E-state index contributed by atoms with van der Waals surface area (Å²) < 4.78 is 1.76. The topological polar surface area (TPSA) is 22.0 Å². The zero-order valence-electron chi connectivity index (χ0n) is 14.6. The molecule has 0 aliphatic rings. The molecule has 1 aromatic heterocycles. The molecule has 26 heavy (non-hydrogen) atoms. The minimum atomic E-state index is 0.00901. The third kappa shape index (κ3) is 2.86. The molecule has 4 rings (SSSR count). The Morgan fingerprint density at radius 2 is 1.00 bits per heavy atom. The molecule has 0 unspecified atom stereocenters. The van der Waals surface area contributed by atoms with E-state index < -0.39 is 0 Å². The Labute approximate surface area is 153 Å². The molecule has 2 nitrogen and oxygen atoms in total. The maximum atomic E-state index is 13.1. The molecule has 0 atom stereocenters. The number of pyridine rings is 1. The maximum Gasteiger partial charge on any atom is 0.258 e. The highest BCUT2D eigenvalue weighted by atomic mass is 16.1. The molecule has 4 aromatic rings. The second kappa shape index (κ2) is 6.85. The summed E-state index contributed by atoms with van der Waals surface area (Å²) >= 11 is 0. The van der Waals surface area contributed by atoms with Crippen LogP contribution in [0.25, 0.3) is 33.5 Å². The first-order chi connectivity index (χ1) is 12.8. The van der Waals surface area contributed by atoms with Gasteiger partial charge in [-0.05, 0) is 22.8 Å². The van der Waals surface area contributed by atoms with Crippen LogP contribution in [0.3, 0.4) is 0 Å². The van der Waals surface area contributed by atoms with Crippen molar-refractivity contribution >= 4 is 0 Å². The highest BCUT2D eigenvalue weighted by Crippen LogP contribution is 2.33. The van der Waals surface area contributed by atoms with Crippen LogP contribution in [0.2, 0.25) is 0 Å². The fourth-order valence-electron chi connectivity index (χ4n) is 3.34. The second-order valence-electron chi connectivity index (χ2n) is 6.28. The minimum absolute atomic E-state index is 0.00901. The Bertz CT molecular complexity index is 1080. The summed E-state index contributed by atoms with van der Waals surface area (Å²) in [7, 11) is 1.85. The molecule has 0 aliphatic carbocycles. The van der Waals surface area contributed by atoms with Crippen LogP contribution in [0.5, 0.6) is 0 Å². The van der Waals surface area contributed by atoms with Crippen molar-refractivity contribution in [2.45, 2.75) is 0 Å². The van der Waals surface area contributed by atoms with Gasteiger partial charge in [-0.3, -0.25) is 4.79 Å². The number of benzene rings is 3. The molecular formula is C24H19NO. The summed E-state index contributed by atoms with van der Waals surface area (Å²) in [5.74, 6) is 0. The lowest BCUT2D eigenvalue weighted by Crippen LogP contribution is -2.21. The molecule has 1 heterocycles. The van der Waals surface area contributed by atoms with Gasteiger partial charge in [-0.2, -0.15) is 0 Å². The second-order valence-corrected chi connectivity index (χ2v) is 6.28. The highest BCUT2D eigenvalue weighted by Gasteiger charge is 2.16. The van der Waals surface area contributed by atoms with Crippen LogP contribution in [-0.4, -0.2) is 4.57 Å². The van der Waals surface area contributed by atoms with Gasteiger partial charge in [0.2, 0.25) is 0 Å². The van der Waals surface area contributed by atoms with Crippen molar-refractivity contribution in [3.05, 3.63) is 107 Å². The molecular weight excluding hydrogens is 318 g/mol. The maximum absolute atomic E-state index is 13.1. The molecule has 0 N–H and O–H groups in total. The van der Waals surface area contributed by atoms with E-state index in [1.54, 1.807) is 4.57 Å². The number of aromatic nitrogens is 1. The van der Waals surface area contributed by atoms with E-state index in [1.165, 1.54) is 0 Å². The van der Waals surface area contributed by atoms with Gasteiger partial charge in [0.1, 0.15) is 0 Å². The van der Waals surface area contributed by atoms with Gasteiger partial charge >= 0.3 is 0 Å². The van der Waals surface area contributed by atoms with Crippen LogP contribution in [0, 0.1) is 0 Å². The van der Waals surface area contributed by atoms with Crippen molar-refractivity contribution in [2.75, 3.05) is 0 Å². The first-order valence-corrected chi connectivity index (χ1v) is 8.66. The normalized spacial score (nSPS) is 10.7. The number of hydrogen-bond acceptors (Lipinski definition) is 1. The number of nitrogens with zero attached hydrogens (tertiary/aromatic N) is 1. The molecule has 0 saturated carbocycles. The largest absolute Gasteiger partial charge is 0.310 e. The number of rotatable bonds is 3. The Balaban J connectivity index is 2.06. The van der Waals surface area contributed by atoms with E-state index in [0.29, 0.717) is 5.56 Å². The SMILES string of the molecule is Cn1c(-c2ccccc2)c(-c2ccccc2)cc(-c2ccccc2)c1=O. The standard InChI is InChI=1S/C24H19NO/c1-25-23(20-15-9-4-10-16-20)21(18-11-5-2-6-12-18)17-22(24(25)26)19-13-7-3-8-14-19/h2-17H,1H3. The van der Waals surface area contributed by atoms with Gasteiger partial charge in [0.05, 0.1) is 5.69 Å². The van der Waals surface area contributed by atoms with Crippen molar-refractivity contribution in [1.82, 2.24) is 4.57 Å². The Morgan fingerprint density at radius 3 is 1.50 bits per heavy atom. The van der Waals surface area contributed by atoms with Crippen molar-refractivity contribution < 1.29 is 0 Å². The quantitative estimate of drug-likeness (QED) is 0.491. The molecule has 0 radical (unpaired) electrons. The monoisotopic (exact) mass is 337 g/mol. The molecule has 3 aromatic carbocycles. The molecule has 2 heteroatoms. The summed E-state index contributed by atoms with van der Waals surface area (Å²) in [5.41, 5.74) is 5.77. The van der Waals surface area contributed by atoms with Crippen LogP contribution < -0.4 is 5.56 Å². The summed E-state index contributed by atoms with van der Waals surface area (Å²) in [6, 6.07) is 32.2. The Kier molecular flexibility index (Phi) is 4.24. The average molecular weight is 337 g/mol. The van der Waals surface area contributed by atoms with Crippen LogP contribution in [0.1, 0.15) is 0 Å². The average Bonchev–Trinajstić information content (AvgIpc) is 2.72. The summed E-state index contributed by atoms with van der Waals surface area (Å²) in [6.07, 6.45) is 0. The van der Waals surface area contributed by atoms with Gasteiger partial charge in [0, 0.05) is 18.2 Å². The zero-order valence-corrected chi connectivity index (χ0v) is 14.6. The molecule has 126 valence electrons. The summed E-state index contributed by atoms with van der Waals surface area (Å²) in [5, 5.41) is 0. The fraction of sp³-hybridized carbons (Fsp3) is 0.0417.